The standard InChI is InChI=1S/C15H12N2O/c18-15(12-5-7-16-8-6-12)13-3-1-2-11-4-9-17-10-14(11)13/h1-10,15,18H. The first kappa shape index (κ1) is 10.9. The minimum absolute atomic E-state index is 0.652. The summed E-state index contributed by atoms with van der Waals surface area (Å²) >= 11 is 0. The summed E-state index contributed by atoms with van der Waals surface area (Å²) in [4.78, 5) is 8.09. The third kappa shape index (κ3) is 1.85. The van der Waals surface area contributed by atoms with Crippen LogP contribution in [0.5, 0.6) is 0 Å². The van der Waals surface area contributed by atoms with Gasteiger partial charge < -0.3 is 5.11 Å². The van der Waals surface area contributed by atoms with Crippen molar-refractivity contribution in [2.45, 2.75) is 6.10 Å². The van der Waals surface area contributed by atoms with Gasteiger partial charge in [0.2, 0.25) is 0 Å². The third-order valence-corrected chi connectivity index (χ3v) is 3.03. The molecule has 3 nitrogen and oxygen atoms in total. The minimum atomic E-state index is -0.652. The van der Waals surface area contributed by atoms with Crippen molar-refractivity contribution in [2.24, 2.45) is 0 Å². The van der Waals surface area contributed by atoms with Crippen molar-refractivity contribution in [1.82, 2.24) is 9.97 Å². The number of hydrogen-bond acceptors (Lipinski definition) is 3. The Kier molecular flexibility index (Phi) is 2.74. The van der Waals surface area contributed by atoms with Crippen LogP contribution in [0.25, 0.3) is 10.8 Å². The maximum Gasteiger partial charge on any atom is 0.105 e. The molecular weight excluding hydrogens is 224 g/mol. The van der Waals surface area contributed by atoms with Crippen LogP contribution in [0.3, 0.4) is 0 Å². The highest BCUT2D eigenvalue weighted by Gasteiger charge is 2.12. The first-order chi connectivity index (χ1) is 8.86. The zero-order chi connectivity index (χ0) is 12.4. The SMILES string of the molecule is OC(c1ccncc1)c1cccc2ccncc12. The van der Waals surface area contributed by atoms with Gasteiger partial charge in [0, 0.05) is 30.2 Å². The Labute approximate surface area is 105 Å². The molecule has 3 heteroatoms. The minimum Gasteiger partial charge on any atom is -0.384 e. The van der Waals surface area contributed by atoms with Gasteiger partial charge >= 0.3 is 0 Å². The average molecular weight is 236 g/mol. The molecule has 1 unspecified atom stereocenters. The van der Waals surface area contributed by atoms with E-state index in [1.165, 1.54) is 0 Å². The Bertz CT molecular complexity index is 662. The summed E-state index contributed by atoms with van der Waals surface area (Å²) in [5, 5.41) is 12.5. The quantitative estimate of drug-likeness (QED) is 0.744. The maximum atomic E-state index is 10.4. The Morgan fingerprint density at radius 3 is 2.50 bits per heavy atom. The van der Waals surface area contributed by atoms with Crippen LogP contribution in [0, 0.1) is 0 Å². The highest BCUT2D eigenvalue weighted by Crippen LogP contribution is 2.27. The molecule has 1 atom stereocenters. The van der Waals surface area contributed by atoms with Gasteiger partial charge in [0.25, 0.3) is 0 Å². The van der Waals surface area contributed by atoms with Crippen LogP contribution in [0.2, 0.25) is 0 Å². The Balaban J connectivity index is 2.15. The fraction of sp³-hybridized carbons (Fsp3) is 0.0667. The zero-order valence-corrected chi connectivity index (χ0v) is 9.69. The second kappa shape index (κ2) is 4.55. The average Bonchev–Trinajstić information content (AvgIpc) is 2.47. The number of aliphatic hydroxyl groups is 1. The molecule has 18 heavy (non-hydrogen) atoms. The molecule has 0 aliphatic rings. The number of hydrogen-bond donors (Lipinski definition) is 1. The van der Waals surface area contributed by atoms with Crippen LogP contribution in [-0.4, -0.2) is 15.1 Å². The molecule has 0 radical (unpaired) electrons. The van der Waals surface area contributed by atoms with Crippen molar-refractivity contribution in [3.05, 3.63) is 72.3 Å². The van der Waals surface area contributed by atoms with E-state index in [-0.39, 0.29) is 0 Å². The summed E-state index contributed by atoms with van der Waals surface area (Å²) in [5.74, 6) is 0. The molecule has 0 aliphatic carbocycles. The molecule has 3 aromatic rings. The molecule has 88 valence electrons. The molecule has 2 heterocycles. The van der Waals surface area contributed by atoms with E-state index in [9.17, 15) is 5.11 Å². The smallest absolute Gasteiger partial charge is 0.105 e. The monoisotopic (exact) mass is 236 g/mol. The Morgan fingerprint density at radius 1 is 0.889 bits per heavy atom. The van der Waals surface area contributed by atoms with Gasteiger partial charge in [-0.25, -0.2) is 0 Å². The Hall–Kier alpha value is -2.26. The van der Waals surface area contributed by atoms with Gasteiger partial charge in [-0.05, 0) is 34.7 Å². The van der Waals surface area contributed by atoms with Crippen molar-refractivity contribution in [3.63, 3.8) is 0 Å². The largest absolute Gasteiger partial charge is 0.384 e. The van der Waals surface area contributed by atoms with Crippen LogP contribution in [0.4, 0.5) is 0 Å². The molecule has 0 amide bonds. The van der Waals surface area contributed by atoms with Gasteiger partial charge in [0.05, 0.1) is 0 Å². The van der Waals surface area contributed by atoms with E-state index < -0.39 is 6.10 Å². The predicted molar refractivity (Wildman–Crippen MR) is 70.0 cm³/mol. The molecule has 0 bridgehead atoms. The first-order valence-corrected chi connectivity index (χ1v) is 5.77. The summed E-state index contributed by atoms with van der Waals surface area (Å²) in [6, 6.07) is 11.5. The van der Waals surface area contributed by atoms with Crippen LogP contribution < -0.4 is 0 Å². The molecule has 0 fully saturated rings. The number of aromatic nitrogens is 2. The van der Waals surface area contributed by atoms with Crippen LogP contribution in [0.1, 0.15) is 17.2 Å². The second-order valence-corrected chi connectivity index (χ2v) is 4.13. The van der Waals surface area contributed by atoms with E-state index in [1.54, 1.807) is 24.8 Å². The van der Waals surface area contributed by atoms with Crippen LogP contribution >= 0.6 is 0 Å². The van der Waals surface area contributed by atoms with E-state index in [4.69, 9.17) is 0 Å². The number of rotatable bonds is 2. The van der Waals surface area contributed by atoms with Gasteiger partial charge in [0.15, 0.2) is 0 Å². The lowest BCUT2D eigenvalue weighted by Crippen LogP contribution is -2.00. The summed E-state index contributed by atoms with van der Waals surface area (Å²) in [5.41, 5.74) is 1.70. The zero-order valence-electron chi connectivity index (χ0n) is 9.69. The van der Waals surface area contributed by atoms with E-state index in [0.717, 1.165) is 21.9 Å². The highest BCUT2D eigenvalue weighted by atomic mass is 16.3. The van der Waals surface area contributed by atoms with E-state index in [2.05, 4.69) is 9.97 Å². The molecule has 0 saturated heterocycles. The van der Waals surface area contributed by atoms with Gasteiger partial charge in [-0.3, -0.25) is 9.97 Å². The maximum absolute atomic E-state index is 10.4. The van der Waals surface area contributed by atoms with E-state index in [1.807, 2.05) is 36.4 Å². The lowest BCUT2D eigenvalue weighted by Gasteiger charge is -2.13. The molecule has 3 rings (SSSR count). The third-order valence-electron chi connectivity index (χ3n) is 3.03. The van der Waals surface area contributed by atoms with Gasteiger partial charge in [0.1, 0.15) is 6.10 Å². The lowest BCUT2D eigenvalue weighted by molar-refractivity contribution is 0.222. The second-order valence-electron chi connectivity index (χ2n) is 4.13. The van der Waals surface area contributed by atoms with Gasteiger partial charge in [-0.1, -0.05) is 18.2 Å². The molecular formula is C15H12N2O. The topological polar surface area (TPSA) is 46.0 Å². The molecule has 0 aliphatic heterocycles. The molecule has 2 aromatic heterocycles. The number of fused-ring (bicyclic) bond motifs is 1. The predicted octanol–water partition coefficient (Wildman–Crippen LogP) is 2.71. The highest BCUT2D eigenvalue weighted by molar-refractivity contribution is 5.85. The normalized spacial score (nSPS) is 12.5. The van der Waals surface area contributed by atoms with Crippen molar-refractivity contribution in [1.29, 1.82) is 0 Å². The fourth-order valence-corrected chi connectivity index (χ4v) is 2.10. The van der Waals surface area contributed by atoms with E-state index >= 15 is 0 Å². The number of pyridine rings is 2. The Morgan fingerprint density at radius 2 is 1.67 bits per heavy atom. The number of benzene rings is 1. The summed E-state index contributed by atoms with van der Waals surface area (Å²) in [6.07, 6.45) is 6.25. The molecule has 1 aromatic carbocycles. The molecule has 0 spiro atoms. The molecule has 1 N–H and O–H groups in total. The van der Waals surface area contributed by atoms with Gasteiger partial charge in [-0.15, -0.1) is 0 Å². The summed E-state index contributed by atoms with van der Waals surface area (Å²) < 4.78 is 0. The lowest BCUT2D eigenvalue weighted by atomic mass is 9.98. The van der Waals surface area contributed by atoms with Crippen molar-refractivity contribution in [2.75, 3.05) is 0 Å². The van der Waals surface area contributed by atoms with Crippen molar-refractivity contribution >= 4 is 10.8 Å². The number of aliphatic hydroxyl groups excluding tert-OH is 1. The summed E-state index contributed by atoms with van der Waals surface area (Å²) in [7, 11) is 0. The first-order valence-electron chi connectivity index (χ1n) is 5.77. The van der Waals surface area contributed by atoms with Gasteiger partial charge in [-0.2, -0.15) is 0 Å². The summed E-state index contributed by atoms with van der Waals surface area (Å²) in [6.45, 7) is 0. The van der Waals surface area contributed by atoms with E-state index in [0.29, 0.717) is 0 Å². The fourth-order valence-electron chi connectivity index (χ4n) is 2.10. The number of nitrogens with zero attached hydrogens (tertiary/aromatic N) is 2. The van der Waals surface area contributed by atoms with Crippen LogP contribution in [0.15, 0.2) is 61.2 Å². The van der Waals surface area contributed by atoms with Crippen molar-refractivity contribution < 1.29 is 5.11 Å². The van der Waals surface area contributed by atoms with Crippen LogP contribution in [-0.2, 0) is 0 Å². The van der Waals surface area contributed by atoms with Crippen molar-refractivity contribution in [3.8, 4) is 0 Å². The molecule has 0 saturated carbocycles.